The minimum atomic E-state index is -0.889. The SMILES string of the molecule is CC(O)(CNCc1cn[nH]c1-c1cccc(Cl)c1)c1ccsc1. The first kappa shape index (κ1) is 16.2. The van der Waals surface area contributed by atoms with Gasteiger partial charge in [0.1, 0.15) is 0 Å². The van der Waals surface area contributed by atoms with Gasteiger partial charge in [-0.3, -0.25) is 5.10 Å². The molecule has 1 aromatic carbocycles. The number of hydrogen-bond donors (Lipinski definition) is 3. The molecule has 0 fully saturated rings. The molecule has 1 atom stereocenters. The van der Waals surface area contributed by atoms with Crippen LogP contribution in [0, 0.1) is 0 Å². The number of nitrogens with one attached hydrogen (secondary N) is 2. The smallest absolute Gasteiger partial charge is 0.1000 e. The molecule has 2 heterocycles. The third kappa shape index (κ3) is 3.82. The van der Waals surface area contributed by atoms with E-state index in [2.05, 4.69) is 15.5 Å². The second-order valence-corrected chi connectivity index (χ2v) is 6.89. The molecule has 3 N–H and O–H groups in total. The van der Waals surface area contributed by atoms with Gasteiger partial charge in [0.2, 0.25) is 0 Å². The summed E-state index contributed by atoms with van der Waals surface area (Å²) < 4.78 is 0. The molecule has 0 saturated heterocycles. The number of aliphatic hydroxyl groups is 1. The number of aromatic amines is 1. The van der Waals surface area contributed by atoms with Crippen molar-refractivity contribution in [3.8, 4) is 11.3 Å². The van der Waals surface area contributed by atoms with E-state index in [4.69, 9.17) is 11.6 Å². The molecule has 3 aromatic rings. The molecule has 0 spiro atoms. The molecule has 23 heavy (non-hydrogen) atoms. The Kier molecular flexibility index (Phi) is 4.82. The number of nitrogens with zero attached hydrogens (tertiary/aromatic N) is 1. The molecular weight excluding hydrogens is 330 g/mol. The van der Waals surface area contributed by atoms with Gasteiger partial charge in [0.05, 0.1) is 17.5 Å². The summed E-state index contributed by atoms with van der Waals surface area (Å²) in [5.41, 5.74) is 3.01. The Hall–Kier alpha value is -1.66. The third-order valence-corrected chi connectivity index (χ3v) is 4.68. The van der Waals surface area contributed by atoms with Crippen LogP contribution in [0.5, 0.6) is 0 Å². The van der Waals surface area contributed by atoms with Crippen LogP contribution in [0.4, 0.5) is 0 Å². The topological polar surface area (TPSA) is 60.9 Å². The number of benzene rings is 1. The van der Waals surface area contributed by atoms with Gasteiger partial charge in [-0.25, -0.2) is 0 Å². The van der Waals surface area contributed by atoms with Crippen LogP contribution in [0.3, 0.4) is 0 Å². The minimum absolute atomic E-state index is 0.462. The van der Waals surface area contributed by atoms with Gasteiger partial charge in [-0.05, 0) is 41.4 Å². The van der Waals surface area contributed by atoms with Gasteiger partial charge in [0.25, 0.3) is 0 Å². The van der Waals surface area contributed by atoms with Gasteiger partial charge in [-0.2, -0.15) is 16.4 Å². The van der Waals surface area contributed by atoms with Crippen molar-refractivity contribution in [2.75, 3.05) is 6.54 Å². The molecule has 0 aliphatic carbocycles. The predicted octanol–water partition coefficient (Wildman–Crippen LogP) is 3.79. The molecule has 0 aliphatic heterocycles. The fraction of sp³-hybridized carbons (Fsp3) is 0.235. The van der Waals surface area contributed by atoms with Crippen molar-refractivity contribution in [2.45, 2.75) is 19.1 Å². The average molecular weight is 348 g/mol. The molecule has 0 saturated carbocycles. The quantitative estimate of drug-likeness (QED) is 0.635. The second-order valence-electron chi connectivity index (χ2n) is 5.67. The number of aromatic nitrogens is 2. The van der Waals surface area contributed by atoms with Crippen LogP contribution in [0.15, 0.2) is 47.3 Å². The van der Waals surface area contributed by atoms with Crippen LogP contribution in [-0.2, 0) is 12.1 Å². The number of rotatable bonds is 6. The first-order valence-corrected chi connectivity index (χ1v) is 8.62. The Morgan fingerprint density at radius 3 is 3.00 bits per heavy atom. The van der Waals surface area contributed by atoms with E-state index in [1.165, 1.54) is 0 Å². The van der Waals surface area contributed by atoms with E-state index in [1.807, 2.05) is 48.0 Å². The van der Waals surface area contributed by atoms with Gasteiger partial charge in [0, 0.05) is 29.2 Å². The molecule has 6 heteroatoms. The van der Waals surface area contributed by atoms with Crippen molar-refractivity contribution in [1.82, 2.24) is 15.5 Å². The fourth-order valence-corrected chi connectivity index (χ4v) is 3.43. The molecule has 0 amide bonds. The fourth-order valence-electron chi connectivity index (χ4n) is 2.45. The van der Waals surface area contributed by atoms with Crippen molar-refractivity contribution < 1.29 is 5.11 Å². The maximum Gasteiger partial charge on any atom is 0.1000 e. The van der Waals surface area contributed by atoms with Crippen molar-refractivity contribution in [2.24, 2.45) is 0 Å². The number of hydrogen-bond acceptors (Lipinski definition) is 4. The van der Waals surface area contributed by atoms with Crippen LogP contribution in [-0.4, -0.2) is 21.8 Å². The lowest BCUT2D eigenvalue weighted by Crippen LogP contribution is -2.34. The molecule has 0 radical (unpaired) electrons. The Morgan fingerprint density at radius 1 is 1.39 bits per heavy atom. The summed E-state index contributed by atoms with van der Waals surface area (Å²) in [6.07, 6.45) is 1.79. The Bertz CT molecular complexity index is 768. The first-order valence-electron chi connectivity index (χ1n) is 7.30. The van der Waals surface area contributed by atoms with Crippen molar-refractivity contribution >= 4 is 22.9 Å². The van der Waals surface area contributed by atoms with Crippen LogP contribution in [0.2, 0.25) is 5.02 Å². The highest BCUT2D eigenvalue weighted by Gasteiger charge is 2.23. The van der Waals surface area contributed by atoms with Crippen LogP contribution >= 0.6 is 22.9 Å². The van der Waals surface area contributed by atoms with Crippen molar-refractivity contribution in [3.63, 3.8) is 0 Å². The zero-order valence-corrected chi connectivity index (χ0v) is 14.3. The molecule has 3 rings (SSSR count). The van der Waals surface area contributed by atoms with Crippen molar-refractivity contribution in [3.05, 3.63) is 63.4 Å². The number of thiophene rings is 1. The van der Waals surface area contributed by atoms with E-state index >= 15 is 0 Å². The van der Waals surface area contributed by atoms with E-state index in [9.17, 15) is 5.11 Å². The Morgan fingerprint density at radius 2 is 2.26 bits per heavy atom. The normalized spacial score (nSPS) is 13.9. The van der Waals surface area contributed by atoms with Gasteiger partial charge >= 0.3 is 0 Å². The van der Waals surface area contributed by atoms with E-state index < -0.39 is 5.60 Å². The van der Waals surface area contributed by atoms with Crippen LogP contribution in [0.25, 0.3) is 11.3 Å². The third-order valence-electron chi connectivity index (χ3n) is 3.76. The van der Waals surface area contributed by atoms with E-state index in [-0.39, 0.29) is 0 Å². The van der Waals surface area contributed by atoms with Crippen LogP contribution in [0.1, 0.15) is 18.1 Å². The predicted molar refractivity (Wildman–Crippen MR) is 94.6 cm³/mol. The highest BCUT2D eigenvalue weighted by atomic mass is 35.5. The molecule has 0 aliphatic rings. The molecule has 2 aromatic heterocycles. The van der Waals surface area contributed by atoms with Gasteiger partial charge in [-0.15, -0.1) is 0 Å². The Labute approximate surface area is 144 Å². The van der Waals surface area contributed by atoms with Crippen molar-refractivity contribution in [1.29, 1.82) is 0 Å². The zero-order valence-electron chi connectivity index (χ0n) is 12.7. The largest absolute Gasteiger partial charge is 0.384 e. The monoisotopic (exact) mass is 347 g/mol. The second kappa shape index (κ2) is 6.84. The summed E-state index contributed by atoms with van der Waals surface area (Å²) in [5, 5.41) is 25.6. The molecule has 0 bridgehead atoms. The van der Waals surface area contributed by atoms with Crippen LogP contribution < -0.4 is 5.32 Å². The summed E-state index contributed by atoms with van der Waals surface area (Å²) in [4.78, 5) is 0. The zero-order chi connectivity index (χ0) is 16.3. The van der Waals surface area contributed by atoms with Gasteiger partial charge in [0.15, 0.2) is 0 Å². The molecule has 120 valence electrons. The molecular formula is C17H18ClN3OS. The first-order chi connectivity index (χ1) is 11.1. The lowest BCUT2D eigenvalue weighted by atomic mass is 9.99. The summed E-state index contributed by atoms with van der Waals surface area (Å²) in [6.45, 7) is 2.89. The maximum atomic E-state index is 10.5. The van der Waals surface area contributed by atoms with E-state index in [0.29, 0.717) is 18.1 Å². The highest BCUT2D eigenvalue weighted by molar-refractivity contribution is 7.08. The molecule has 1 unspecified atom stereocenters. The van der Waals surface area contributed by atoms with E-state index in [0.717, 1.165) is 22.4 Å². The summed E-state index contributed by atoms with van der Waals surface area (Å²) >= 11 is 7.64. The summed E-state index contributed by atoms with van der Waals surface area (Å²) in [7, 11) is 0. The number of H-pyrrole nitrogens is 1. The number of halogens is 1. The van der Waals surface area contributed by atoms with Gasteiger partial charge < -0.3 is 10.4 Å². The Balaban J connectivity index is 1.67. The van der Waals surface area contributed by atoms with E-state index in [1.54, 1.807) is 17.5 Å². The highest BCUT2D eigenvalue weighted by Crippen LogP contribution is 2.25. The lowest BCUT2D eigenvalue weighted by molar-refractivity contribution is 0.0571. The summed E-state index contributed by atoms with van der Waals surface area (Å²) in [5.74, 6) is 0. The minimum Gasteiger partial charge on any atom is -0.384 e. The maximum absolute atomic E-state index is 10.5. The lowest BCUT2D eigenvalue weighted by Gasteiger charge is -2.23. The summed E-state index contributed by atoms with van der Waals surface area (Å²) in [6, 6.07) is 9.60. The average Bonchev–Trinajstić information content (AvgIpc) is 3.19. The molecule has 4 nitrogen and oxygen atoms in total. The standard InChI is InChI=1S/C17H18ClN3OS/c1-17(22,14-5-6-23-10-14)11-19-8-13-9-20-21-16(13)12-3-2-4-15(18)7-12/h2-7,9-10,19,22H,8,11H2,1H3,(H,20,21). The van der Waals surface area contributed by atoms with Gasteiger partial charge in [-0.1, -0.05) is 23.7 Å².